The van der Waals surface area contributed by atoms with Crippen molar-refractivity contribution >= 4 is 17.5 Å². The van der Waals surface area contributed by atoms with E-state index in [1.165, 1.54) is 5.57 Å². The highest BCUT2D eigenvalue weighted by atomic mass is 16.7. The minimum absolute atomic E-state index is 0.0431. The molecule has 0 bridgehead atoms. The van der Waals surface area contributed by atoms with Crippen molar-refractivity contribution in [2.45, 2.75) is 89.4 Å². The van der Waals surface area contributed by atoms with Gasteiger partial charge >= 0.3 is 5.97 Å². The van der Waals surface area contributed by atoms with Gasteiger partial charge in [0.25, 0.3) is 5.60 Å². The number of Topliss-reactive ketones (excluding diaryl/α,β-unsaturated/α-hetero) is 1. The maximum atomic E-state index is 13.0. The van der Waals surface area contributed by atoms with Crippen LogP contribution in [0.1, 0.15) is 71.6 Å². The molecule has 1 saturated heterocycles. The predicted octanol–water partition coefficient (Wildman–Crippen LogP) is 4.10. The molecule has 5 aliphatic carbocycles. The van der Waals surface area contributed by atoms with Crippen molar-refractivity contribution in [1.29, 1.82) is 0 Å². The van der Waals surface area contributed by atoms with Crippen LogP contribution in [0.4, 0.5) is 0 Å². The van der Waals surface area contributed by atoms with Gasteiger partial charge < -0.3 is 9.47 Å². The second kappa shape index (κ2) is 6.18. The Bertz CT molecular complexity index is 947. The molecule has 1 heterocycles. The predicted molar refractivity (Wildman–Crippen MR) is 113 cm³/mol. The summed E-state index contributed by atoms with van der Waals surface area (Å²) in [5, 5.41) is 0. The zero-order valence-electron chi connectivity index (χ0n) is 18.6. The highest BCUT2D eigenvalue weighted by molar-refractivity contribution is 6.20. The molecule has 0 aromatic heterocycles. The third kappa shape index (κ3) is 2.44. The van der Waals surface area contributed by atoms with Crippen molar-refractivity contribution in [2.24, 2.45) is 28.6 Å². The van der Waals surface area contributed by atoms with Gasteiger partial charge in [-0.15, -0.1) is 0 Å². The summed E-state index contributed by atoms with van der Waals surface area (Å²) in [4.78, 5) is 37.5. The van der Waals surface area contributed by atoms with Gasteiger partial charge in [-0.2, -0.15) is 0 Å². The first-order valence-electron chi connectivity index (χ1n) is 12.1. The fourth-order valence-electron chi connectivity index (χ4n) is 8.35. The summed E-state index contributed by atoms with van der Waals surface area (Å²) >= 11 is 0. The van der Waals surface area contributed by atoms with Crippen LogP contribution in [0.2, 0.25) is 0 Å². The lowest BCUT2D eigenvalue weighted by Gasteiger charge is -2.57. The van der Waals surface area contributed by atoms with Crippen molar-refractivity contribution < 1.29 is 23.9 Å². The normalized spacial score (nSPS) is 50.2. The Hall–Kier alpha value is -1.75. The molecule has 6 rings (SSSR count). The van der Waals surface area contributed by atoms with Crippen LogP contribution in [0.15, 0.2) is 23.8 Å². The van der Waals surface area contributed by atoms with Crippen LogP contribution in [0.5, 0.6) is 0 Å². The number of fused-ring (bicyclic) bond motifs is 6. The monoisotopic (exact) mass is 424 g/mol. The Labute approximate surface area is 183 Å². The Kier molecular flexibility index (Phi) is 3.97. The number of allylic oxidation sites excluding steroid dienone is 1. The Balaban J connectivity index is 1.22. The average Bonchev–Trinajstić information content (AvgIpc) is 3.28. The number of carbonyl (C=O) groups is 3. The van der Waals surface area contributed by atoms with Gasteiger partial charge in [-0.3, -0.25) is 9.59 Å². The molecule has 0 spiro atoms. The SMILES string of the molecule is C=C1CC2OC2(C(=O)OC2CC[C@H]3[C@@H]4CCC5=CC(=O)CC[C@]5(C)[C@H]4CC[C@]23C)C1=O. The van der Waals surface area contributed by atoms with Gasteiger partial charge in [-0.1, -0.05) is 26.0 Å². The van der Waals surface area contributed by atoms with Crippen molar-refractivity contribution in [2.75, 3.05) is 0 Å². The highest BCUT2D eigenvalue weighted by Gasteiger charge is 2.74. The number of hydrogen-bond donors (Lipinski definition) is 0. The summed E-state index contributed by atoms with van der Waals surface area (Å²) in [6.07, 6.45) is 9.78. The number of carbonyl (C=O) groups excluding carboxylic acids is 3. The molecule has 0 N–H and O–H groups in total. The van der Waals surface area contributed by atoms with E-state index in [1.807, 2.05) is 6.08 Å². The quantitative estimate of drug-likeness (QED) is 0.289. The number of ether oxygens (including phenoxy) is 2. The molecule has 0 amide bonds. The maximum absolute atomic E-state index is 13.0. The molecule has 8 atom stereocenters. The first-order valence-corrected chi connectivity index (χ1v) is 12.1. The van der Waals surface area contributed by atoms with Crippen LogP contribution >= 0.6 is 0 Å². The van der Waals surface area contributed by atoms with E-state index in [2.05, 4.69) is 20.4 Å². The maximum Gasteiger partial charge on any atom is 0.349 e. The fraction of sp³-hybridized carbons (Fsp3) is 0.731. The van der Waals surface area contributed by atoms with E-state index in [0.717, 1.165) is 44.9 Å². The van der Waals surface area contributed by atoms with Gasteiger partial charge in [0.2, 0.25) is 5.78 Å². The van der Waals surface area contributed by atoms with E-state index < -0.39 is 11.6 Å². The summed E-state index contributed by atoms with van der Waals surface area (Å²) < 4.78 is 11.6. The molecule has 166 valence electrons. The van der Waals surface area contributed by atoms with Crippen molar-refractivity contribution in [3.05, 3.63) is 23.8 Å². The molecule has 6 aliphatic rings. The number of ketones is 2. The van der Waals surface area contributed by atoms with E-state index >= 15 is 0 Å². The van der Waals surface area contributed by atoms with Crippen molar-refractivity contribution in [3.63, 3.8) is 0 Å². The molecule has 5 heteroatoms. The molecule has 5 nitrogen and oxygen atoms in total. The lowest BCUT2D eigenvalue weighted by molar-refractivity contribution is -0.167. The number of hydrogen-bond acceptors (Lipinski definition) is 5. The smallest absolute Gasteiger partial charge is 0.349 e. The van der Waals surface area contributed by atoms with Gasteiger partial charge in [0.05, 0.1) is 0 Å². The molecular weight excluding hydrogens is 392 g/mol. The summed E-state index contributed by atoms with van der Waals surface area (Å²) in [5.74, 6) is 1.29. The Morgan fingerprint density at radius 3 is 2.65 bits per heavy atom. The fourth-order valence-corrected chi connectivity index (χ4v) is 8.35. The van der Waals surface area contributed by atoms with E-state index in [9.17, 15) is 14.4 Å². The summed E-state index contributed by atoms with van der Waals surface area (Å²) in [6.45, 7) is 8.47. The molecule has 0 aromatic carbocycles. The van der Waals surface area contributed by atoms with Crippen molar-refractivity contribution in [1.82, 2.24) is 0 Å². The number of esters is 1. The third-order valence-electron chi connectivity index (χ3n) is 10.2. The van der Waals surface area contributed by atoms with Crippen LogP contribution in [-0.2, 0) is 23.9 Å². The van der Waals surface area contributed by atoms with Crippen LogP contribution in [0.3, 0.4) is 0 Å². The van der Waals surface area contributed by atoms with Crippen LogP contribution in [0, 0.1) is 28.6 Å². The molecular formula is C26H32O5. The standard InChI is InChI=1S/C26H32O5/c1-14-12-21-26(31-21,22(14)28)23(29)30-20-7-6-18-17-5-4-15-13-16(27)8-10-24(15,2)19(17)9-11-25(18,20)3/h13,17-21H,1,4-12H2,2-3H3/t17-,18-,19-,20?,21?,24-,25-,26?/m0/s1. The lowest BCUT2D eigenvalue weighted by Crippen LogP contribution is -2.52. The minimum Gasteiger partial charge on any atom is -0.459 e. The van der Waals surface area contributed by atoms with Gasteiger partial charge in [0.15, 0.2) is 5.78 Å². The number of epoxide rings is 1. The second-order valence-corrected chi connectivity index (χ2v) is 11.5. The van der Waals surface area contributed by atoms with Crippen molar-refractivity contribution in [3.8, 4) is 0 Å². The zero-order valence-corrected chi connectivity index (χ0v) is 18.6. The summed E-state index contributed by atoms with van der Waals surface area (Å²) in [6, 6.07) is 0. The lowest BCUT2D eigenvalue weighted by atomic mass is 9.47. The Morgan fingerprint density at radius 2 is 1.90 bits per heavy atom. The van der Waals surface area contributed by atoms with E-state index in [-0.39, 0.29) is 28.8 Å². The van der Waals surface area contributed by atoms with E-state index in [4.69, 9.17) is 9.47 Å². The molecule has 0 radical (unpaired) electrons. The zero-order chi connectivity index (χ0) is 21.8. The highest BCUT2D eigenvalue weighted by Crippen LogP contribution is 2.66. The topological polar surface area (TPSA) is 73.0 Å². The van der Waals surface area contributed by atoms with Gasteiger partial charge in [-0.25, -0.2) is 4.79 Å². The van der Waals surface area contributed by atoms with Gasteiger partial charge in [0.1, 0.15) is 12.2 Å². The van der Waals surface area contributed by atoms with Crippen LogP contribution < -0.4 is 0 Å². The largest absolute Gasteiger partial charge is 0.459 e. The third-order valence-corrected chi connectivity index (χ3v) is 10.2. The molecule has 0 aromatic rings. The van der Waals surface area contributed by atoms with E-state index in [1.54, 1.807) is 0 Å². The minimum atomic E-state index is -1.38. The van der Waals surface area contributed by atoms with Gasteiger partial charge in [-0.05, 0) is 79.8 Å². The van der Waals surface area contributed by atoms with Crippen LogP contribution in [0.25, 0.3) is 0 Å². The molecule has 5 fully saturated rings. The first-order chi connectivity index (χ1) is 14.7. The van der Waals surface area contributed by atoms with E-state index in [0.29, 0.717) is 42.0 Å². The molecule has 1 aliphatic heterocycles. The summed E-state index contributed by atoms with van der Waals surface area (Å²) in [5.41, 5.74) is 0.589. The van der Waals surface area contributed by atoms with Gasteiger partial charge in [0, 0.05) is 18.3 Å². The molecule has 4 saturated carbocycles. The molecule has 31 heavy (non-hydrogen) atoms. The number of rotatable bonds is 2. The summed E-state index contributed by atoms with van der Waals surface area (Å²) in [7, 11) is 0. The first kappa shape index (κ1) is 19.9. The average molecular weight is 425 g/mol. The molecule has 3 unspecified atom stereocenters. The second-order valence-electron chi connectivity index (χ2n) is 11.5. The Morgan fingerprint density at radius 1 is 1.10 bits per heavy atom. The van der Waals surface area contributed by atoms with Crippen LogP contribution in [-0.4, -0.2) is 35.3 Å².